The van der Waals surface area contributed by atoms with Gasteiger partial charge >= 0.3 is 0 Å². The Kier molecular flexibility index (Phi) is 3.58. The van der Waals surface area contributed by atoms with Gasteiger partial charge in [0.1, 0.15) is 0 Å². The second-order valence-corrected chi connectivity index (χ2v) is 3.68. The first-order valence-electron chi connectivity index (χ1n) is 4.65. The lowest BCUT2D eigenvalue weighted by atomic mass is 10.1. The highest BCUT2D eigenvalue weighted by atomic mass is 13.9. The van der Waals surface area contributed by atoms with Crippen LogP contribution in [0.3, 0.4) is 0 Å². The molecule has 0 spiro atoms. The fourth-order valence-corrected chi connectivity index (χ4v) is 1.00. The minimum Gasteiger partial charge on any atom is -0.0976 e. The molecule has 0 amide bonds. The third-order valence-corrected chi connectivity index (χ3v) is 1.69. The summed E-state index contributed by atoms with van der Waals surface area (Å²) in [5, 5.41) is 0. The Morgan fingerprint density at radius 2 is 2.23 bits per heavy atom. The highest BCUT2D eigenvalue weighted by Crippen LogP contribution is 2.02. The molecule has 0 heterocycles. The Bertz CT molecular complexity index is 323. The third-order valence-electron chi connectivity index (χ3n) is 1.69. The van der Waals surface area contributed by atoms with Crippen molar-refractivity contribution in [1.29, 1.82) is 0 Å². The van der Waals surface area contributed by atoms with Crippen LogP contribution in [0.25, 0.3) is 0 Å². The van der Waals surface area contributed by atoms with Gasteiger partial charge in [0.25, 0.3) is 0 Å². The zero-order chi connectivity index (χ0) is 9.68. The second-order valence-electron chi connectivity index (χ2n) is 3.68. The molecule has 0 aliphatic rings. The van der Waals surface area contributed by atoms with Crippen LogP contribution in [0.4, 0.5) is 0 Å². The van der Waals surface area contributed by atoms with E-state index < -0.39 is 0 Å². The molecule has 1 aromatic carbocycles. The molecule has 0 N–H and O–H groups in total. The first kappa shape index (κ1) is 9.86. The molecule has 0 saturated carbocycles. The quantitative estimate of drug-likeness (QED) is 0.569. The summed E-state index contributed by atoms with van der Waals surface area (Å²) in [5.74, 6) is 6.91. The summed E-state index contributed by atoms with van der Waals surface area (Å²) in [7, 11) is 0. The Morgan fingerprint density at radius 3 is 2.85 bits per heavy atom. The van der Waals surface area contributed by atoms with Crippen molar-refractivity contribution < 1.29 is 0 Å². The van der Waals surface area contributed by atoms with E-state index in [1.807, 2.05) is 12.1 Å². The van der Waals surface area contributed by atoms with Gasteiger partial charge in [0.2, 0.25) is 0 Å². The smallest absolute Gasteiger partial charge is 0.0326 e. The van der Waals surface area contributed by atoms with E-state index in [1.54, 1.807) is 0 Å². The number of rotatable bonds is 1. The maximum absolute atomic E-state index is 3.15. The molecule has 13 heavy (non-hydrogen) atoms. The Morgan fingerprint density at radius 1 is 1.46 bits per heavy atom. The number of benzene rings is 1. The molecule has 1 radical (unpaired) electrons. The minimum atomic E-state index is 0.650. The van der Waals surface area contributed by atoms with Crippen LogP contribution in [0.15, 0.2) is 18.2 Å². The summed E-state index contributed by atoms with van der Waals surface area (Å²) in [6, 6.07) is 9.13. The van der Waals surface area contributed by atoms with Crippen molar-refractivity contribution in [3.05, 3.63) is 35.4 Å². The summed E-state index contributed by atoms with van der Waals surface area (Å²) in [5.41, 5.74) is 2.24. The van der Waals surface area contributed by atoms with Gasteiger partial charge in [-0.3, -0.25) is 0 Å². The highest BCUT2D eigenvalue weighted by molar-refractivity contribution is 5.35. The van der Waals surface area contributed by atoms with Crippen molar-refractivity contribution in [3.8, 4) is 11.8 Å². The molecule has 67 valence electrons. The maximum Gasteiger partial charge on any atom is 0.0326 e. The monoisotopic (exact) mass is 171 g/mol. The summed E-state index contributed by atoms with van der Waals surface area (Å²) < 4.78 is 0. The Labute approximate surface area is 81.0 Å². The molecule has 0 atom stereocenters. The van der Waals surface area contributed by atoms with Crippen LogP contribution in [0.2, 0.25) is 0 Å². The van der Waals surface area contributed by atoms with Crippen molar-refractivity contribution >= 4 is 0 Å². The molecule has 0 unspecified atom stereocenters. The van der Waals surface area contributed by atoms with Crippen LogP contribution in [0.5, 0.6) is 0 Å². The van der Waals surface area contributed by atoms with Gasteiger partial charge in [-0.1, -0.05) is 37.8 Å². The molecular formula is C13H15. The van der Waals surface area contributed by atoms with Gasteiger partial charge in [-0.25, -0.2) is 0 Å². The highest BCUT2D eigenvalue weighted by Gasteiger charge is 1.89. The summed E-state index contributed by atoms with van der Waals surface area (Å²) >= 11 is 0. The van der Waals surface area contributed by atoms with E-state index in [2.05, 4.69) is 44.7 Å². The van der Waals surface area contributed by atoms with Gasteiger partial charge in [-0.2, -0.15) is 0 Å². The molecule has 0 saturated heterocycles. The molecule has 0 heteroatoms. The van der Waals surface area contributed by atoms with Gasteiger partial charge < -0.3 is 0 Å². The third kappa shape index (κ3) is 3.80. The summed E-state index contributed by atoms with van der Waals surface area (Å²) in [6.45, 7) is 6.42. The standard InChI is InChI=1S/C13H15/c1-11(2)6-4-8-13-9-5-7-12(3)10-13/h5,7,10-11H,6H2,1-3H3. The number of aryl methyl sites for hydroxylation is 1. The predicted octanol–water partition coefficient (Wildman–Crippen LogP) is 3.19. The fourth-order valence-electron chi connectivity index (χ4n) is 1.00. The first-order chi connectivity index (χ1) is 6.18. The Balaban J connectivity index is 2.66. The zero-order valence-electron chi connectivity index (χ0n) is 8.52. The van der Waals surface area contributed by atoms with Crippen LogP contribution in [-0.2, 0) is 0 Å². The van der Waals surface area contributed by atoms with Crippen molar-refractivity contribution in [2.75, 3.05) is 0 Å². The molecule has 0 aromatic heterocycles. The normalized spacial score (nSPS) is 9.54. The van der Waals surface area contributed by atoms with Gasteiger partial charge in [-0.15, -0.1) is 0 Å². The number of hydrogen-bond donors (Lipinski definition) is 0. The van der Waals surface area contributed by atoms with E-state index in [0.717, 1.165) is 12.0 Å². The summed E-state index contributed by atoms with van der Waals surface area (Å²) in [6.07, 6.45) is 0.960. The van der Waals surface area contributed by atoms with E-state index in [0.29, 0.717) is 5.92 Å². The predicted molar refractivity (Wildman–Crippen MR) is 56.3 cm³/mol. The van der Waals surface area contributed by atoms with E-state index in [4.69, 9.17) is 0 Å². The number of hydrogen-bond acceptors (Lipinski definition) is 0. The van der Waals surface area contributed by atoms with Gasteiger partial charge in [0.15, 0.2) is 0 Å². The molecule has 0 aliphatic heterocycles. The van der Waals surface area contributed by atoms with Crippen molar-refractivity contribution in [3.63, 3.8) is 0 Å². The fraction of sp³-hybridized carbons (Fsp3) is 0.385. The van der Waals surface area contributed by atoms with E-state index in [-0.39, 0.29) is 0 Å². The lowest BCUT2D eigenvalue weighted by molar-refractivity contribution is 0.676. The van der Waals surface area contributed by atoms with Crippen molar-refractivity contribution in [2.45, 2.75) is 27.2 Å². The molecule has 0 bridgehead atoms. The minimum absolute atomic E-state index is 0.650. The molecule has 1 aromatic rings. The first-order valence-corrected chi connectivity index (χ1v) is 4.65. The van der Waals surface area contributed by atoms with Crippen molar-refractivity contribution in [1.82, 2.24) is 0 Å². The van der Waals surface area contributed by atoms with Crippen LogP contribution >= 0.6 is 0 Å². The van der Waals surface area contributed by atoms with Crippen LogP contribution < -0.4 is 0 Å². The lowest BCUT2D eigenvalue weighted by Gasteiger charge is -1.94. The summed E-state index contributed by atoms with van der Waals surface area (Å²) in [4.78, 5) is 0. The van der Waals surface area contributed by atoms with Gasteiger partial charge in [0.05, 0.1) is 0 Å². The maximum atomic E-state index is 3.15. The zero-order valence-corrected chi connectivity index (χ0v) is 8.52. The van der Waals surface area contributed by atoms with Crippen molar-refractivity contribution in [2.24, 2.45) is 5.92 Å². The van der Waals surface area contributed by atoms with Crippen LogP contribution in [-0.4, -0.2) is 0 Å². The molecule has 0 aliphatic carbocycles. The largest absolute Gasteiger partial charge is 0.0976 e. The molecule has 0 fully saturated rings. The molecule has 0 nitrogen and oxygen atoms in total. The average molecular weight is 171 g/mol. The SMILES string of the molecule is Cc1cc[c]c(C#CCC(C)C)c1. The second kappa shape index (κ2) is 4.72. The van der Waals surface area contributed by atoms with Gasteiger partial charge in [-0.05, 0) is 30.5 Å². The molecular weight excluding hydrogens is 156 g/mol. The van der Waals surface area contributed by atoms with E-state index in [1.165, 1.54) is 5.56 Å². The topological polar surface area (TPSA) is 0 Å². The van der Waals surface area contributed by atoms with E-state index >= 15 is 0 Å². The average Bonchev–Trinajstić information content (AvgIpc) is 2.03. The molecule has 1 rings (SSSR count). The lowest BCUT2D eigenvalue weighted by Crippen LogP contribution is -1.82. The van der Waals surface area contributed by atoms with Crippen LogP contribution in [0, 0.1) is 30.7 Å². The van der Waals surface area contributed by atoms with Gasteiger partial charge in [0, 0.05) is 12.0 Å². The van der Waals surface area contributed by atoms with E-state index in [9.17, 15) is 0 Å². The Hall–Kier alpha value is -1.22. The van der Waals surface area contributed by atoms with Crippen LogP contribution in [0.1, 0.15) is 31.4 Å².